The largest absolute Gasteiger partial charge is 0.323 e. The molecule has 2 amide bonds. The van der Waals surface area contributed by atoms with Crippen molar-refractivity contribution in [1.29, 1.82) is 0 Å². The molecule has 0 aliphatic heterocycles. The normalized spacial score (nSPS) is 14.4. The fourth-order valence-electron chi connectivity index (χ4n) is 2.16. The van der Waals surface area contributed by atoms with Crippen LogP contribution in [0.25, 0.3) is 0 Å². The minimum absolute atomic E-state index is 0.0168. The second-order valence-electron chi connectivity index (χ2n) is 5.03. The van der Waals surface area contributed by atoms with E-state index in [1.165, 1.54) is 0 Å². The summed E-state index contributed by atoms with van der Waals surface area (Å²) in [4.78, 5) is 18.4. The molecule has 1 N–H and O–H groups in total. The van der Waals surface area contributed by atoms with Crippen molar-refractivity contribution in [1.82, 2.24) is 9.88 Å². The summed E-state index contributed by atoms with van der Waals surface area (Å²) in [5.41, 5.74) is 2.05. The molecule has 0 aromatic carbocycles. The molecule has 1 aromatic rings. The van der Waals surface area contributed by atoms with E-state index in [1.54, 1.807) is 0 Å². The number of nitrogens with zero attached hydrogens (tertiary/aromatic N) is 2. The van der Waals surface area contributed by atoms with Gasteiger partial charge in [-0.3, -0.25) is 5.32 Å². The summed E-state index contributed by atoms with van der Waals surface area (Å²) in [5, 5.41) is 2.91. The number of hydrogen-bond donors (Lipinski definition) is 1. The number of urea groups is 1. The number of aryl methyl sites for hydroxylation is 2. The standard InChI is InChI=1S/C14H21N3O/c1-4-7-17(12-5-6-12)14(18)16-13-9-10(2)8-11(3)15-13/h8-9,12H,4-7H2,1-3H3,(H,15,16,18). The Labute approximate surface area is 108 Å². The molecule has 98 valence electrons. The van der Waals surface area contributed by atoms with Gasteiger partial charge in [-0.15, -0.1) is 0 Å². The van der Waals surface area contributed by atoms with E-state index < -0.39 is 0 Å². The average Bonchev–Trinajstić information content (AvgIpc) is 3.07. The highest BCUT2D eigenvalue weighted by Gasteiger charge is 2.32. The zero-order chi connectivity index (χ0) is 13.1. The number of pyridine rings is 1. The van der Waals surface area contributed by atoms with Gasteiger partial charge in [-0.2, -0.15) is 0 Å². The van der Waals surface area contributed by atoms with Gasteiger partial charge < -0.3 is 4.90 Å². The fraction of sp³-hybridized carbons (Fsp3) is 0.571. The van der Waals surface area contributed by atoms with Crippen LogP contribution < -0.4 is 5.32 Å². The van der Waals surface area contributed by atoms with Crippen molar-refractivity contribution in [3.05, 3.63) is 23.4 Å². The predicted octanol–water partition coefficient (Wildman–Crippen LogP) is 3.10. The maximum Gasteiger partial charge on any atom is 0.323 e. The summed E-state index contributed by atoms with van der Waals surface area (Å²) in [7, 11) is 0. The molecule has 1 heterocycles. The van der Waals surface area contributed by atoms with Crippen molar-refractivity contribution < 1.29 is 4.79 Å². The van der Waals surface area contributed by atoms with Gasteiger partial charge in [0, 0.05) is 18.3 Å². The molecule has 0 atom stereocenters. The summed E-state index contributed by atoms with van der Waals surface area (Å²) >= 11 is 0. The third-order valence-electron chi connectivity index (χ3n) is 3.05. The first-order chi connectivity index (χ1) is 8.60. The monoisotopic (exact) mass is 247 g/mol. The van der Waals surface area contributed by atoms with E-state index in [2.05, 4.69) is 17.2 Å². The van der Waals surface area contributed by atoms with E-state index in [9.17, 15) is 4.79 Å². The molecule has 0 bridgehead atoms. The zero-order valence-corrected chi connectivity index (χ0v) is 11.4. The molecule has 2 rings (SSSR count). The van der Waals surface area contributed by atoms with Crippen LogP contribution in [-0.2, 0) is 0 Å². The quantitative estimate of drug-likeness (QED) is 0.888. The van der Waals surface area contributed by atoms with Crippen molar-refractivity contribution in [3.8, 4) is 0 Å². The maximum absolute atomic E-state index is 12.2. The fourth-order valence-corrected chi connectivity index (χ4v) is 2.16. The van der Waals surface area contributed by atoms with Gasteiger partial charge in [-0.1, -0.05) is 6.92 Å². The first-order valence-corrected chi connectivity index (χ1v) is 6.63. The highest BCUT2D eigenvalue weighted by atomic mass is 16.2. The molecular weight excluding hydrogens is 226 g/mol. The van der Waals surface area contributed by atoms with Gasteiger partial charge in [0.1, 0.15) is 5.82 Å². The molecule has 4 heteroatoms. The van der Waals surface area contributed by atoms with E-state index in [0.717, 1.165) is 37.1 Å². The third-order valence-corrected chi connectivity index (χ3v) is 3.05. The minimum atomic E-state index is -0.0168. The van der Waals surface area contributed by atoms with Crippen molar-refractivity contribution >= 4 is 11.8 Å². The minimum Gasteiger partial charge on any atom is -0.322 e. The Morgan fingerprint density at radius 2 is 2.17 bits per heavy atom. The van der Waals surface area contributed by atoms with Crippen LogP contribution in [0.4, 0.5) is 10.6 Å². The number of rotatable bonds is 4. The molecule has 1 fully saturated rings. The Morgan fingerprint density at radius 1 is 1.44 bits per heavy atom. The van der Waals surface area contributed by atoms with Gasteiger partial charge in [0.05, 0.1) is 0 Å². The SMILES string of the molecule is CCCN(C(=O)Nc1cc(C)cc(C)n1)C1CC1. The van der Waals surface area contributed by atoms with Gasteiger partial charge in [0.15, 0.2) is 0 Å². The van der Waals surface area contributed by atoms with Gasteiger partial charge in [0.25, 0.3) is 0 Å². The lowest BCUT2D eigenvalue weighted by molar-refractivity contribution is 0.209. The first-order valence-electron chi connectivity index (χ1n) is 6.63. The zero-order valence-electron chi connectivity index (χ0n) is 11.4. The second kappa shape index (κ2) is 5.38. The molecule has 4 nitrogen and oxygen atoms in total. The van der Waals surface area contributed by atoms with Crippen LogP contribution in [0, 0.1) is 13.8 Å². The van der Waals surface area contributed by atoms with Crippen LogP contribution >= 0.6 is 0 Å². The molecule has 0 saturated heterocycles. The van der Waals surface area contributed by atoms with Gasteiger partial charge in [0.2, 0.25) is 0 Å². The Morgan fingerprint density at radius 3 is 2.72 bits per heavy atom. The lowest BCUT2D eigenvalue weighted by atomic mass is 10.2. The van der Waals surface area contributed by atoms with E-state index in [1.807, 2.05) is 30.9 Å². The van der Waals surface area contributed by atoms with Crippen LogP contribution in [-0.4, -0.2) is 28.5 Å². The summed E-state index contributed by atoms with van der Waals surface area (Å²) in [6, 6.07) is 4.33. The Balaban J connectivity index is 2.04. The van der Waals surface area contributed by atoms with Crippen LogP contribution in [0.2, 0.25) is 0 Å². The Bertz CT molecular complexity index is 420. The molecule has 1 aromatic heterocycles. The maximum atomic E-state index is 12.2. The van der Waals surface area contributed by atoms with Gasteiger partial charge in [-0.05, 0) is 50.8 Å². The molecular formula is C14H21N3O. The van der Waals surface area contributed by atoms with E-state index >= 15 is 0 Å². The average molecular weight is 247 g/mol. The molecule has 1 saturated carbocycles. The molecule has 1 aliphatic carbocycles. The van der Waals surface area contributed by atoms with E-state index in [4.69, 9.17) is 0 Å². The van der Waals surface area contributed by atoms with Gasteiger partial charge in [-0.25, -0.2) is 9.78 Å². The Kier molecular flexibility index (Phi) is 3.84. The van der Waals surface area contributed by atoms with Gasteiger partial charge >= 0.3 is 6.03 Å². The van der Waals surface area contributed by atoms with E-state index in [-0.39, 0.29) is 6.03 Å². The highest BCUT2D eigenvalue weighted by molar-refractivity contribution is 5.88. The van der Waals surface area contributed by atoms with Crippen molar-refractivity contribution in [2.24, 2.45) is 0 Å². The number of anilines is 1. The summed E-state index contributed by atoms with van der Waals surface area (Å²) in [6.45, 7) is 6.86. The predicted molar refractivity (Wildman–Crippen MR) is 72.7 cm³/mol. The molecule has 0 unspecified atom stereocenters. The highest BCUT2D eigenvalue weighted by Crippen LogP contribution is 2.27. The third kappa shape index (κ3) is 3.22. The Hall–Kier alpha value is -1.58. The lowest BCUT2D eigenvalue weighted by Crippen LogP contribution is -2.37. The van der Waals surface area contributed by atoms with Crippen LogP contribution in [0.1, 0.15) is 37.4 Å². The molecule has 0 radical (unpaired) electrons. The van der Waals surface area contributed by atoms with Crippen molar-refractivity contribution in [2.75, 3.05) is 11.9 Å². The first kappa shape index (κ1) is 12.9. The molecule has 1 aliphatic rings. The van der Waals surface area contributed by atoms with Crippen LogP contribution in [0.3, 0.4) is 0 Å². The molecule has 0 spiro atoms. The van der Waals surface area contributed by atoms with Crippen LogP contribution in [0.15, 0.2) is 12.1 Å². The number of nitrogens with one attached hydrogen (secondary N) is 1. The topological polar surface area (TPSA) is 45.2 Å². The number of aromatic nitrogens is 1. The summed E-state index contributed by atoms with van der Waals surface area (Å²) < 4.78 is 0. The smallest absolute Gasteiger partial charge is 0.322 e. The molecule has 18 heavy (non-hydrogen) atoms. The van der Waals surface area contributed by atoms with E-state index in [0.29, 0.717) is 11.9 Å². The number of amides is 2. The summed E-state index contributed by atoms with van der Waals surface area (Å²) in [5.74, 6) is 0.652. The lowest BCUT2D eigenvalue weighted by Gasteiger charge is -2.22. The summed E-state index contributed by atoms with van der Waals surface area (Å²) in [6.07, 6.45) is 3.26. The number of hydrogen-bond acceptors (Lipinski definition) is 2. The van der Waals surface area contributed by atoms with Crippen LogP contribution in [0.5, 0.6) is 0 Å². The van der Waals surface area contributed by atoms with Crippen molar-refractivity contribution in [3.63, 3.8) is 0 Å². The van der Waals surface area contributed by atoms with Crippen molar-refractivity contribution in [2.45, 2.75) is 46.1 Å². The number of carbonyl (C=O) groups is 1. The second-order valence-corrected chi connectivity index (χ2v) is 5.03. The number of carbonyl (C=O) groups excluding carboxylic acids is 1.